The van der Waals surface area contributed by atoms with E-state index in [0.717, 1.165) is 16.9 Å². The van der Waals surface area contributed by atoms with Gasteiger partial charge < -0.3 is 15.2 Å². The molecule has 4 rings (SSSR count). The lowest BCUT2D eigenvalue weighted by Gasteiger charge is -2.21. The van der Waals surface area contributed by atoms with Crippen LogP contribution in [0.25, 0.3) is 5.69 Å². The van der Waals surface area contributed by atoms with Gasteiger partial charge in [0.25, 0.3) is 0 Å². The number of aromatic nitrogens is 3. The normalized spacial score (nSPS) is 13.2. The van der Waals surface area contributed by atoms with Crippen molar-refractivity contribution in [3.8, 4) is 5.69 Å². The molecule has 186 valence electrons. The van der Waals surface area contributed by atoms with Gasteiger partial charge in [0.2, 0.25) is 5.91 Å². The lowest BCUT2D eigenvalue weighted by molar-refractivity contribution is -0.118. The molecule has 0 spiro atoms. The number of pyridine rings is 1. The van der Waals surface area contributed by atoms with Gasteiger partial charge in [-0.05, 0) is 36.1 Å². The number of carbonyl (C=O) groups is 1. The van der Waals surface area contributed by atoms with Gasteiger partial charge in [-0.2, -0.15) is 0 Å². The first-order chi connectivity index (χ1) is 17.2. The van der Waals surface area contributed by atoms with Crippen molar-refractivity contribution in [3.05, 3.63) is 108 Å². The fourth-order valence-electron chi connectivity index (χ4n) is 3.98. The van der Waals surface area contributed by atoms with Gasteiger partial charge in [0.1, 0.15) is 11.9 Å². The standard InChI is InChI=1S/C30H35N5O/c1-21-11-13-23(14-12-21)22(2)17-32-28(24-9-7-6-8-10-24)29(36)34-27-16-15-25(18-31-27)35-19-26(33-20-35)30(3,4)5/h6-16,18-20,22,28,32H,17H2,1-5H3,(H,31,34,36)/t22-,28+/m1/s1. The summed E-state index contributed by atoms with van der Waals surface area (Å²) < 4.78 is 1.94. The predicted octanol–water partition coefficient (Wildman–Crippen LogP) is 5.95. The van der Waals surface area contributed by atoms with Crippen molar-refractivity contribution in [1.82, 2.24) is 19.9 Å². The third kappa shape index (κ3) is 6.26. The van der Waals surface area contributed by atoms with Crippen LogP contribution < -0.4 is 10.6 Å². The van der Waals surface area contributed by atoms with E-state index in [4.69, 9.17) is 0 Å². The number of amides is 1. The monoisotopic (exact) mass is 481 g/mol. The fraction of sp³-hybridized carbons (Fsp3) is 0.300. The van der Waals surface area contributed by atoms with Crippen LogP contribution in [0.5, 0.6) is 0 Å². The Bertz CT molecular complexity index is 1270. The Labute approximate surface area is 213 Å². The molecule has 1 amide bonds. The molecule has 0 unspecified atom stereocenters. The quantitative estimate of drug-likeness (QED) is 0.326. The van der Waals surface area contributed by atoms with Gasteiger partial charge in [-0.1, -0.05) is 87.9 Å². The fourth-order valence-corrected chi connectivity index (χ4v) is 3.98. The SMILES string of the molecule is Cc1ccc([C@H](C)CN[C@H](C(=O)Nc2ccc(-n3cnc(C(C)(C)C)c3)cn2)c2ccccc2)cc1. The average Bonchev–Trinajstić information content (AvgIpc) is 3.37. The van der Waals surface area contributed by atoms with Crippen LogP contribution >= 0.6 is 0 Å². The lowest BCUT2D eigenvalue weighted by Crippen LogP contribution is -2.35. The van der Waals surface area contributed by atoms with E-state index in [1.165, 1.54) is 11.1 Å². The van der Waals surface area contributed by atoms with Crippen LogP contribution in [0.2, 0.25) is 0 Å². The Kier molecular flexibility index (Phi) is 7.65. The van der Waals surface area contributed by atoms with Crippen LogP contribution in [0.4, 0.5) is 5.82 Å². The van der Waals surface area contributed by atoms with Crippen LogP contribution in [0.15, 0.2) is 85.5 Å². The number of aryl methyl sites for hydroxylation is 1. The summed E-state index contributed by atoms with van der Waals surface area (Å²) in [4.78, 5) is 22.3. The van der Waals surface area contributed by atoms with Crippen molar-refractivity contribution in [3.63, 3.8) is 0 Å². The zero-order chi connectivity index (χ0) is 25.7. The molecule has 0 aliphatic carbocycles. The highest BCUT2D eigenvalue weighted by atomic mass is 16.2. The second-order valence-corrected chi connectivity index (χ2v) is 10.4. The molecule has 0 saturated heterocycles. The first-order valence-electron chi connectivity index (χ1n) is 12.4. The first-order valence-corrected chi connectivity index (χ1v) is 12.4. The van der Waals surface area contributed by atoms with E-state index >= 15 is 0 Å². The Morgan fingerprint density at radius 1 is 0.944 bits per heavy atom. The summed E-state index contributed by atoms with van der Waals surface area (Å²) in [5.41, 5.74) is 5.27. The molecule has 2 aromatic heterocycles. The minimum atomic E-state index is -0.497. The maximum atomic E-state index is 13.3. The van der Waals surface area contributed by atoms with Crippen molar-refractivity contribution in [2.45, 2.75) is 52.0 Å². The minimum absolute atomic E-state index is 0.0248. The molecular formula is C30H35N5O. The lowest BCUT2D eigenvalue weighted by atomic mass is 9.93. The highest BCUT2D eigenvalue weighted by molar-refractivity contribution is 5.94. The number of rotatable bonds is 8. The van der Waals surface area contributed by atoms with E-state index in [9.17, 15) is 4.79 Å². The average molecular weight is 482 g/mol. The molecular weight excluding hydrogens is 446 g/mol. The van der Waals surface area contributed by atoms with Crippen LogP contribution in [0.3, 0.4) is 0 Å². The number of hydrogen-bond donors (Lipinski definition) is 2. The Hall–Kier alpha value is -3.77. The molecule has 6 nitrogen and oxygen atoms in total. The van der Waals surface area contributed by atoms with Crippen molar-refractivity contribution in [2.24, 2.45) is 0 Å². The number of hydrogen-bond acceptors (Lipinski definition) is 4. The molecule has 0 radical (unpaired) electrons. The molecule has 0 bridgehead atoms. The number of anilines is 1. The zero-order valence-electron chi connectivity index (χ0n) is 21.7. The highest BCUT2D eigenvalue weighted by Gasteiger charge is 2.22. The molecule has 6 heteroatoms. The summed E-state index contributed by atoms with van der Waals surface area (Å²) >= 11 is 0. The molecule has 2 atom stereocenters. The Morgan fingerprint density at radius 3 is 2.28 bits per heavy atom. The van der Waals surface area contributed by atoms with Crippen molar-refractivity contribution >= 4 is 11.7 Å². The van der Waals surface area contributed by atoms with Crippen molar-refractivity contribution in [2.75, 3.05) is 11.9 Å². The number of nitrogens with zero attached hydrogens (tertiary/aromatic N) is 3. The van der Waals surface area contributed by atoms with Crippen molar-refractivity contribution < 1.29 is 4.79 Å². The number of carbonyl (C=O) groups excluding carboxylic acids is 1. The van der Waals surface area contributed by atoms with E-state index in [1.54, 1.807) is 12.5 Å². The predicted molar refractivity (Wildman–Crippen MR) is 145 cm³/mol. The second-order valence-electron chi connectivity index (χ2n) is 10.4. The van der Waals surface area contributed by atoms with Gasteiger partial charge in [-0.25, -0.2) is 9.97 Å². The van der Waals surface area contributed by atoms with Gasteiger partial charge in [-0.15, -0.1) is 0 Å². The molecule has 4 aromatic rings. The molecule has 0 fully saturated rings. The third-order valence-electron chi connectivity index (χ3n) is 6.32. The number of nitrogens with one attached hydrogen (secondary N) is 2. The first kappa shape index (κ1) is 25.3. The van der Waals surface area contributed by atoms with Gasteiger partial charge >= 0.3 is 0 Å². The van der Waals surface area contributed by atoms with Crippen LogP contribution in [-0.2, 0) is 10.2 Å². The maximum Gasteiger partial charge on any atom is 0.247 e. The van der Waals surface area contributed by atoms with Gasteiger partial charge in [-0.3, -0.25) is 4.79 Å². The van der Waals surface area contributed by atoms with E-state index in [0.29, 0.717) is 12.4 Å². The Balaban J connectivity index is 1.46. The van der Waals surface area contributed by atoms with E-state index in [-0.39, 0.29) is 17.2 Å². The second kappa shape index (κ2) is 10.9. The summed E-state index contributed by atoms with van der Waals surface area (Å²) in [5.74, 6) is 0.625. The van der Waals surface area contributed by atoms with E-state index in [1.807, 2.05) is 53.2 Å². The number of benzene rings is 2. The van der Waals surface area contributed by atoms with E-state index < -0.39 is 6.04 Å². The summed E-state index contributed by atoms with van der Waals surface area (Å²) in [5, 5.41) is 6.45. The molecule has 0 saturated carbocycles. The summed E-state index contributed by atoms with van der Waals surface area (Å²) in [6.45, 7) is 11.3. The summed E-state index contributed by atoms with van der Waals surface area (Å²) in [7, 11) is 0. The van der Waals surface area contributed by atoms with Crippen LogP contribution in [0.1, 0.15) is 62.0 Å². The highest BCUT2D eigenvalue weighted by Crippen LogP contribution is 2.22. The third-order valence-corrected chi connectivity index (χ3v) is 6.32. The van der Waals surface area contributed by atoms with Crippen molar-refractivity contribution in [1.29, 1.82) is 0 Å². The molecule has 36 heavy (non-hydrogen) atoms. The number of imidazole rings is 1. The zero-order valence-corrected chi connectivity index (χ0v) is 21.7. The Morgan fingerprint density at radius 2 is 1.67 bits per heavy atom. The smallest absolute Gasteiger partial charge is 0.247 e. The molecule has 0 aliphatic rings. The summed E-state index contributed by atoms with van der Waals surface area (Å²) in [6, 6.07) is 21.6. The van der Waals surface area contributed by atoms with Crippen LogP contribution in [0, 0.1) is 6.92 Å². The minimum Gasteiger partial charge on any atom is -0.309 e. The van der Waals surface area contributed by atoms with E-state index in [2.05, 4.69) is 79.5 Å². The van der Waals surface area contributed by atoms with Gasteiger partial charge in [0, 0.05) is 18.2 Å². The molecule has 2 heterocycles. The summed E-state index contributed by atoms with van der Waals surface area (Å²) in [6.07, 6.45) is 5.55. The largest absolute Gasteiger partial charge is 0.309 e. The topological polar surface area (TPSA) is 71.8 Å². The maximum absolute atomic E-state index is 13.3. The molecule has 2 aromatic carbocycles. The molecule has 0 aliphatic heterocycles. The van der Waals surface area contributed by atoms with Gasteiger partial charge in [0.15, 0.2) is 0 Å². The van der Waals surface area contributed by atoms with Crippen LogP contribution in [-0.4, -0.2) is 27.0 Å². The molecule has 2 N–H and O–H groups in total. The van der Waals surface area contributed by atoms with Gasteiger partial charge in [0.05, 0.1) is 23.9 Å².